The average molecular weight is 350 g/mol. The molecule has 0 bridgehead atoms. The SMILES string of the molecule is C=[N+]([N-]c1ccc(=O)c2cc(C(=O)[O-])c(C)n(C)c1-2)c1cccc[n+]1C. The summed E-state index contributed by atoms with van der Waals surface area (Å²) < 4.78 is 4.96. The number of carbonyl (C=O) groups is 1. The van der Waals surface area contributed by atoms with E-state index < -0.39 is 5.97 Å². The van der Waals surface area contributed by atoms with Crippen LogP contribution in [-0.2, 0) is 14.1 Å². The van der Waals surface area contributed by atoms with Crippen molar-refractivity contribution in [3.05, 3.63) is 69.5 Å². The zero-order valence-corrected chi connectivity index (χ0v) is 14.8. The van der Waals surface area contributed by atoms with Crippen LogP contribution >= 0.6 is 0 Å². The molecule has 1 aliphatic carbocycles. The number of carboxylic acids is 1. The first-order valence-corrected chi connectivity index (χ1v) is 7.93. The standard InChI is InChI=1S/C19H18N4O3/c1-12-13(19(25)26)11-14-16(24)9-8-15(18(14)22(12)3)20-23(4)17-7-5-6-10-21(17)2/h5-11H,4H2,1-3H3. The van der Waals surface area contributed by atoms with Gasteiger partial charge in [0, 0.05) is 35.6 Å². The predicted molar refractivity (Wildman–Crippen MR) is 95.1 cm³/mol. The van der Waals surface area contributed by atoms with E-state index in [2.05, 4.69) is 12.1 Å². The Hall–Kier alpha value is -3.48. The van der Waals surface area contributed by atoms with E-state index in [-0.39, 0.29) is 16.6 Å². The molecule has 3 rings (SSSR count). The summed E-state index contributed by atoms with van der Waals surface area (Å²) in [4.78, 5) is 23.6. The Morgan fingerprint density at radius 2 is 2.04 bits per heavy atom. The third-order valence-electron chi connectivity index (χ3n) is 4.41. The first-order valence-electron chi connectivity index (χ1n) is 7.93. The quantitative estimate of drug-likeness (QED) is 0.399. The smallest absolute Gasteiger partial charge is 0.438 e. The molecule has 0 atom stereocenters. The van der Waals surface area contributed by atoms with E-state index in [1.54, 1.807) is 24.6 Å². The molecule has 1 aromatic rings. The number of aryl methyl sites for hydroxylation is 1. The van der Waals surface area contributed by atoms with Gasteiger partial charge in [-0.15, -0.1) is 4.57 Å². The predicted octanol–water partition coefficient (Wildman–Crippen LogP) is 0.952. The normalized spacial score (nSPS) is 10.7. The number of hydrogen-bond donors (Lipinski definition) is 0. The largest absolute Gasteiger partial charge is 0.545 e. The number of rotatable bonds is 4. The van der Waals surface area contributed by atoms with Crippen molar-refractivity contribution in [3.63, 3.8) is 0 Å². The van der Waals surface area contributed by atoms with Crippen LogP contribution in [0.1, 0.15) is 16.1 Å². The van der Waals surface area contributed by atoms with Gasteiger partial charge in [-0.25, -0.2) is 0 Å². The van der Waals surface area contributed by atoms with Crippen LogP contribution < -0.4 is 15.1 Å². The fraction of sp³-hybridized carbons (Fsp3) is 0.158. The maximum absolute atomic E-state index is 12.3. The van der Waals surface area contributed by atoms with Crippen LogP contribution in [0, 0.1) is 6.92 Å². The fourth-order valence-corrected chi connectivity index (χ4v) is 2.92. The van der Waals surface area contributed by atoms with Gasteiger partial charge in [0.1, 0.15) is 13.8 Å². The maximum atomic E-state index is 12.3. The van der Waals surface area contributed by atoms with Gasteiger partial charge in [0.2, 0.25) is 0 Å². The highest BCUT2D eigenvalue weighted by Crippen LogP contribution is 2.35. The van der Waals surface area contributed by atoms with E-state index in [0.717, 1.165) is 5.82 Å². The van der Waals surface area contributed by atoms with E-state index in [1.807, 2.05) is 36.0 Å². The first kappa shape index (κ1) is 17.3. The number of carboxylic acid groups (broad SMARTS) is 1. The summed E-state index contributed by atoms with van der Waals surface area (Å²) in [6.07, 6.45) is 1.87. The van der Waals surface area contributed by atoms with E-state index in [0.29, 0.717) is 17.1 Å². The third kappa shape index (κ3) is 2.83. The van der Waals surface area contributed by atoms with Crippen molar-refractivity contribution < 1.29 is 19.2 Å². The van der Waals surface area contributed by atoms with Gasteiger partial charge in [0.15, 0.2) is 11.6 Å². The van der Waals surface area contributed by atoms with E-state index >= 15 is 0 Å². The highest BCUT2D eigenvalue weighted by molar-refractivity contribution is 5.91. The topological polar surface area (TPSA) is 83.1 Å². The number of carbonyl (C=O) groups excluding carboxylic acids is 1. The molecular weight excluding hydrogens is 332 g/mol. The molecule has 26 heavy (non-hydrogen) atoms. The molecule has 0 amide bonds. The molecule has 7 nitrogen and oxygen atoms in total. The number of benzene rings is 1. The highest BCUT2D eigenvalue weighted by Gasteiger charge is 2.18. The van der Waals surface area contributed by atoms with E-state index in [4.69, 9.17) is 0 Å². The molecule has 0 N–H and O–H groups in total. The molecule has 1 aliphatic heterocycles. The Kier molecular flexibility index (Phi) is 4.29. The lowest BCUT2D eigenvalue weighted by molar-refractivity contribution is -0.713. The zero-order chi connectivity index (χ0) is 19.0. The summed E-state index contributed by atoms with van der Waals surface area (Å²) in [7, 11) is 3.57. The van der Waals surface area contributed by atoms with Gasteiger partial charge < -0.3 is 19.9 Å². The molecule has 7 heteroatoms. The molecule has 2 heterocycles. The Labute approximate surface area is 150 Å². The Morgan fingerprint density at radius 3 is 2.69 bits per heavy atom. The lowest BCUT2D eigenvalue weighted by atomic mass is 10.0. The van der Waals surface area contributed by atoms with Gasteiger partial charge in [0.25, 0.3) is 0 Å². The third-order valence-corrected chi connectivity index (χ3v) is 4.41. The molecule has 0 radical (unpaired) electrons. The molecule has 2 aliphatic rings. The van der Waals surface area contributed by atoms with Crippen LogP contribution in [-0.4, -0.2) is 21.9 Å². The molecule has 132 valence electrons. The molecule has 0 fully saturated rings. The van der Waals surface area contributed by atoms with E-state index in [1.165, 1.54) is 16.8 Å². The number of hydrogen-bond acceptors (Lipinski definition) is 3. The minimum Gasteiger partial charge on any atom is -0.545 e. The van der Waals surface area contributed by atoms with Gasteiger partial charge in [-0.3, -0.25) is 4.79 Å². The van der Waals surface area contributed by atoms with Gasteiger partial charge in [-0.2, -0.15) is 4.68 Å². The van der Waals surface area contributed by atoms with Crippen LogP contribution in [0.25, 0.3) is 16.7 Å². The second-order valence-electron chi connectivity index (χ2n) is 6.00. The fourth-order valence-electron chi connectivity index (χ4n) is 2.92. The Bertz CT molecular complexity index is 1070. The van der Waals surface area contributed by atoms with Crippen molar-refractivity contribution >= 4 is 24.2 Å². The van der Waals surface area contributed by atoms with Gasteiger partial charge in [-0.05, 0) is 25.1 Å². The molecule has 0 unspecified atom stereocenters. The highest BCUT2D eigenvalue weighted by atomic mass is 16.4. The van der Waals surface area contributed by atoms with Gasteiger partial charge in [0.05, 0.1) is 12.0 Å². The summed E-state index contributed by atoms with van der Waals surface area (Å²) in [6, 6.07) is 9.94. The second-order valence-corrected chi connectivity index (χ2v) is 6.00. The summed E-state index contributed by atoms with van der Waals surface area (Å²) in [6.45, 7) is 5.60. The van der Waals surface area contributed by atoms with Crippen molar-refractivity contribution in [2.45, 2.75) is 6.92 Å². The number of fused-ring (bicyclic) bond motifs is 1. The van der Waals surface area contributed by atoms with E-state index in [9.17, 15) is 14.7 Å². The maximum Gasteiger partial charge on any atom is 0.438 e. The summed E-state index contributed by atoms with van der Waals surface area (Å²) in [5.74, 6) is -0.575. The van der Waals surface area contributed by atoms with Crippen LogP contribution in [0.5, 0.6) is 0 Å². The minimum atomic E-state index is -1.32. The Morgan fingerprint density at radius 1 is 1.31 bits per heavy atom. The van der Waals surface area contributed by atoms with Crippen LogP contribution in [0.3, 0.4) is 0 Å². The van der Waals surface area contributed by atoms with Gasteiger partial charge in [-0.1, -0.05) is 11.8 Å². The second kappa shape index (κ2) is 6.44. The number of aromatic nitrogens is 2. The summed E-state index contributed by atoms with van der Waals surface area (Å²) in [5, 5.41) is 11.3. The number of pyridine rings is 2. The van der Waals surface area contributed by atoms with Crippen LogP contribution in [0.4, 0.5) is 11.5 Å². The first-order chi connectivity index (χ1) is 12.3. The molecule has 1 aromatic heterocycles. The zero-order valence-electron chi connectivity index (χ0n) is 14.8. The van der Waals surface area contributed by atoms with Crippen molar-refractivity contribution in [2.75, 3.05) is 0 Å². The molecular formula is C19H18N4O3. The average Bonchev–Trinajstić information content (AvgIpc) is 2.60. The minimum absolute atomic E-state index is 0.0183. The van der Waals surface area contributed by atoms with Crippen molar-refractivity contribution in [1.82, 2.24) is 4.57 Å². The number of nitrogens with zero attached hydrogens (tertiary/aromatic N) is 4. The van der Waals surface area contributed by atoms with Crippen LogP contribution in [0.15, 0.2) is 47.4 Å². The van der Waals surface area contributed by atoms with Gasteiger partial charge >= 0.3 is 5.82 Å². The molecule has 0 spiro atoms. The van der Waals surface area contributed by atoms with Crippen LogP contribution in [0.2, 0.25) is 0 Å². The Balaban J connectivity index is 2.16. The summed E-state index contributed by atoms with van der Waals surface area (Å²) >= 11 is 0. The monoisotopic (exact) mass is 350 g/mol. The van der Waals surface area contributed by atoms with Crippen molar-refractivity contribution in [3.8, 4) is 11.3 Å². The lowest BCUT2D eigenvalue weighted by Crippen LogP contribution is -2.31. The van der Waals surface area contributed by atoms with Crippen molar-refractivity contribution in [1.29, 1.82) is 0 Å². The summed E-state index contributed by atoms with van der Waals surface area (Å²) in [5.41, 5.74) is 6.00. The lowest BCUT2D eigenvalue weighted by Gasteiger charge is -2.25. The van der Waals surface area contributed by atoms with Crippen molar-refractivity contribution in [2.24, 2.45) is 14.1 Å². The number of aromatic carboxylic acids is 1. The molecule has 0 saturated heterocycles. The molecule has 0 aromatic carbocycles. The molecule has 0 saturated carbocycles.